The Hall–Kier alpha value is -2.12. The van der Waals surface area contributed by atoms with Gasteiger partial charge < -0.3 is 24.7 Å². The van der Waals surface area contributed by atoms with Crippen molar-refractivity contribution in [3.8, 4) is 5.75 Å². The zero-order chi connectivity index (χ0) is 18.5. The summed E-state index contributed by atoms with van der Waals surface area (Å²) >= 11 is 5.51. The van der Waals surface area contributed by atoms with E-state index in [-0.39, 0.29) is 11.7 Å². The number of fused-ring (bicyclic) bond motifs is 1. The number of benzene rings is 1. The summed E-state index contributed by atoms with van der Waals surface area (Å²) in [5.41, 5.74) is 1.36. The van der Waals surface area contributed by atoms with Crippen LogP contribution in [0.4, 0.5) is 0 Å². The Bertz CT molecular complexity index is 830. The third kappa shape index (κ3) is 4.34. The number of rotatable bonds is 6. The molecule has 1 unspecified atom stereocenters. The number of aromatic nitrogens is 1. The predicted octanol–water partition coefficient (Wildman–Crippen LogP) is 2.41. The van der Waals surface area contributed by atoms with Gasteiger partial charge in [-0.15, -0.1) is 0 Å². The highest BCUT2D eigenvalue weighted by molar-refractivity contribution is 7.80. The Morgan fingerprint density at radius 2 is 2.31 bits per heavy atom. The number of ether oxygens (including phenoxy) is 2. The van der Waals surface area contributed by atoms with Crippen molar-refractivity contribution in [2.24, 2.45) is 0 Å². The first-order valence-corrected chi connectivity index (χ1v) is 9.36. The molecule has 0 amide bonds. The van der Waals surface area contributed by atoms with Crippen molar-refractivity contribution in [1.29, 1.82) is 0 Å². The molecule has 1 saturated heterocycles. The summed E-state index contributed by atoms with van der Waals surface area (Å²) in [6.45, 7) is 4.66. The lowest BCUT2D eigenvalue weighted by Crippen LogP contribution is -2.43. The van der Waals surface area contributed by atoms with Gasteiger partial charge in [-0.05, 0) is 56.2 Å². The number of methoxy groups -OCH3 is 1. The SMILES string of the molecule is CCNC(=S)N(Cc1cc2cc(OC)ccc2[nH]c1=O)CC1CCCO1. The average molecular weight is 375 g/mol. The van der Waals surface area contributed by atoms with Crippen molar-refractivity contribution in [2.45, 2.75) is 32.4 Å². The summed E-state index contributed by atoms with van der Waals surface area (Å²) in [6, 6.07) is 7.52. The van der Waals surface area contributed by atoms with Gasteiger partial charge >= 0.3 is 0 Å². The van der Waals surface area contributed by atoms with Crippen LogP contribution in [0.25, 0.3) is 10.9 Å². The van der Waals surface area contributed by atoms with E-state index in [0.717, 1.165) is 42.6 Å². The second kappa shape index (κ2) is 8.51. The van der Waals surface area contributed by atoms with Crippen LogP contribution < -0.4 is 15.6 Å². The number of thiocarbonyl (C=S) groups is 1. The average Bonchev–Trinajstić information content (AvgIpc) is 3.14. The van der Waals surface area contributed by atoms with E-state index in [1.807, 2.05) is 36.1 Å². The van der Waals surface area contributed by atoms with Crippen LogP contribution in [0.5, 0.6) is 5.75 Å². The van der Waals surface area contributed by atoms with Crippen LogP contribution in [0.15, 0.2) is 29.1 Å². The van der Waals surface area contributed by atoms with Gasteiger partial charge in [0.25, 0.3) is 5.56 Å². The molecule has 1 aliphatic heterocycles. The lowest BCUT2D eigenvalue weighted by Gasteiger charge is -2.28. The van der Waals surface area contributed by atoms with Crippen LogP contribution in [0.2, 0.25) is 0 Å². The molecule has 0 saturated carbocycles. The summed E-state index contributed by atoms with van der Waals surface area (Å²) in [5.74, 6) is 0.759. The van der Waals surface area contributed by atoms with E-state index >= 15 is 0 Å². The maximum absolute atomic E-state index is 12.5. The van der Waals surface area contributed by atoms with Crippen molar-refractivity contribution in [3.63, 3.8) is 0 Å². The van der Waals surface area contributed by atoms with Crippen LogP contribution in [-0.4, -0.2) is 47.9 Å². The first kappa shape index (κ1) is 18.7. The molecule has 2 N–H and O–H groups in total. The van der Waals surface area contributed by atoms with Crippen LogP contribution >= 0.6 is 12.2 Å². The molecule has 0 spiro atoms. The summed E-state index contributed by atoms with van der Waals surface area (Å²) in [4.78, 5) is 17.5. The molecule has 1 aromatic carbocycles. The fourth-order valence-electron chi connectivity index (χ4n) is 3.20. The molecule has 3 rings (SSSR count). The number of aromatic amines is 1. The second-order valence-electron chi connectivity index (χ2n) is 6.43. The molecule has 1 atom stereocenters. The summed E-state index contributed by atoms with van der Waals surface area (Å²) in [7, 11) is 1.63. The number of hydrogen-bond acceptors (Lipinski definition) is 4. The smallest absolute Gasteiger partial charge is 0.253 e. The fourth-order valence-corrected chi connectivity index (χ4v) is 3.48. The molecule has 26 heavy (non-hydrogen) atoms. The van der Waals surface area contributed by atoms with Gasteiger partial charge in [-0.25, -0.2) is 0 Å². The zero-order valence-electron chi connectivity index (χ0n) is 15.2. The zero-order valence-corrected chi connectivity index (χ0v) is 16.0. The third-order valence-electron chi connectivity index (χ3n) is 4.55. The van der Waals surface area contributed by atoms with E-state index in [1.165, 1.54) is 0 Å². The third-order valence-corrected chi connectivity index (χ3v) is 4.96. The molecule has 1 aliphatic rings. The van der Waals surface area contributed by atoms with Gasteiger partial charge in [0.2, 0.25) is 0 Å². The van der Waals surface area contributed by atoms with Gasteiger partial charge in [-0.3, -0.25) is 4.79 Å². The molecule has 140 valence electrons. The van der Waals surface area contributed by atoms with Crippen molar-refractivity contribution < 1.29 is 9.47 Å². The lowest BCUT2D eigenvalue weighted by atomic mass is 10.1. The van der Waals surface area contributed by atoms with E-state index in [4.69, 9.17) is 21.7 Å². The Labute approximate surface area is 158 Å². The molecule has 1 fully saturated rings. The van der Waals surface area contributed by atoms with E-state index in [1.54, 1.807) is 7.11 Å². The molecule has 2 heterocycles. The summed E-state index contributed by atoms with van der Waals surface area (Å²) in [5, 5.41) is 4.77. The lowest BCUT2D eigenvalue weighted by molar-refractivity contribution is 0.0897. The highest BCUT2D eigenvalue weighted by Crippen LogP contribution is 2.20. The van der Waals surface area contributed by atoms with E-state index in [2.05, 4.69) is 10.3 Å². The Morgan fingerprint density at radius 1 is 1.46 bits per heavy atom. The van der Waals surface area contributed by atoms with Gasteiger partial charge in [0.15, 0.2) is 5.11 Å². The molecule has 0 aliphatic carbocycles. The van der Waals surface area contributed by atoms with E-state index < -0.39 is 0 Å². The summed E-state index contributed by atoms with van der Waals surface area (Å²) < 4.78 is 11.0. The van der Waals surface area contributed by atoms with Crippen molar-refractivity contribution >= 4 is 28.2 Å². The maximum atomic E-state index is 12.5. The summed E-state index contributed by atoms with van der Waals surface area (Å²) in [6.07, 6.45) is 2.26. The number of pyridine rings is 1. The normalized spacial score (nSPS) is 16.6. The predicted molar refractivity (Wildman–Crippen MR) is 107 cm³/mol. The quantitative estimate of drug-likeness (QED) is 0.756. The molecule has 1 aromatic heterocycles. The van der Waals surface area contributed by atoms with Crippen LogP contribution in [0, 0.1) is 0 Å². The number of hydrogen-bond donors (Lipinski definition) is 2. The maximum Gasteiger partial charge on any atom is 0.253 e. The molecule has 0 radical (unpaired) electrons. The highest BCUT2D eigenvalue weighted by Gasteiger charge is 2.21. The van der Waals surface area contributed by atoms with Gasteiger partial charge in [-0.1, -0.05) is 0 Å². The Morgan fingerprint density at radius 3 is 3.00 bits per heavy atom. The minimum atomic E-state index is -0.0979. The van der Waals surface area contributed by atoms with Gasteiger partial charge in [0, 0.05) is 36.2 Å². The molecular formula is C19H25N3O3S. The molecule has 2 aromatic rings. The minimum absolute atomic E-state index is 0.0979. The van der Waals surface area contributed by atoms with Crippen molar-refractivity contribution in [3.05, 3.63) is 40.2 Å². The van der Waals surface area contributed by atoms with Crippen molar-refractivity contribution in [1.82, 2.24) is 15.2 Å². The number of H-pyrrole nitrogens is 1. The largest absolute Gasteiger partial charge is 0.497 e. The minimum Gasteiger partial charge on any atom is -0.497 e. The van der Waals surface area contributed by atoms with Crippen LogP contribution in [0.3, 0.4) is 0 Å². The van der Waals surface area contributed by atoms with Gasteiger partial charge in [-0.2, -0.15) is 0 Å². The van der Waals surface area contributed by atoms with Crippen LogP contribution in [-0.2, 0) is 11.3 Å². The Balaban J connectivity index is 1.87. The van der Waals surface area contributed by atoms with E-state index in [0.29, 0.717) is 23.8 Å². The van der Waals surface area contributed by atoms with Gasteiger partial charge in [0.1, 0.15) is 5.75 Å². The Kier molecular flexibility index (Phi) is 6.11. The number of nitrogens with zero attached hydrogens (tertiary/aromatic N) is 1. The monoisotopic (exact) mass is 375 g/mol. The van der Waals surface area contributed by atoms with Crippen molar-refractivity contribution in [2.75, 3.05) is 26.8 Å². The van der Waals surface area contributed by atoms with E-state index in [9.17, 15) is 4.79 Å². The topological polar surface area (TPSA) is 66.6 Å². The fraction of sp³-hybridized carbons (Fsp3) is 0.474. The number of nitrogens with one attached hydrogen (secondary N) is 2. The van der Waals surface area contributed by atoms with Crippen LogP contribution in [0.1, 0.15) is 25.3 Å². The first-order chi connectivity index (χ1) is 12.6. The van der Waals surface area contributed by atoms with Gasteiger partial charge in [0.05, 0.1) is 19.8 Å². The molecule has 6 nitrogen and oxygen atoms in total. The highest BCUT2D eigenvalue weighted by atomic mass is 32.1. The molecule has 7 heteroatoms. The first-order valence-electron chi connectivity index (χ1n) is 8.95. The second-order valence-corrected chi connectivity index (χ2v) is 6.81. The standard InChI is InChI=1S/C19H25N3O3S/c1-3-20-19(26)22(12-16-5-4-8-25-16)11-14-9-13-10-15(24-2)6-7-17(13)21-18(14)23/h6-7,9-10,16H,3-5,8,11-12H2,1-2H3,(H,20,26)(H,21,23). The molecular weight excluding hydrogens is 350 g/mol. The molecule has 0 bridgehead atoms.